The number of hydrogen-bond acceptors (Lipinski definition) is 5. The quantitative estimate of drug-likeness (QED) is 0.438. The van der Waals surface area contributed by atoms with Crippen LogP contribution in [0.4, 0.5) is 5.69 Å². The van der Waals surface area contributed by atoms with Crippen LogP contribution in [0.5, 0.6) is 0 Å². The van der Waals surface area contributed by atoms with E-state index in [1.54, 1.807) is 10.7 Å². The van der Waals surface area contributed by atoms with Crippen LogP contribution in [0.3, 0.4) is 0 Å². The first kappa shape index (κ1) is 20.7. The van der Waals surface area contributed by atoms with Gasteiger partial charge in [0, 0.05) is 23.4 Å². The standard InChI is InChI=1S/C24H26N6O/c1-3-8-17(9-4-2)24(31)26-19-11-7-10-18(16-19)20-13-14-22-27-28-23(30(22)29-20)21-12-5-6-15-25-21/h5-7,10-17H,3-4,8-9H2,1-2H3,(H,26,31). The summed E-state index contributed by atoms with van der Waals surface area (Å²) in [6.45, 7) is 4.23. The topological polar surface area (TPSA) is 85.1 Å². The fraction of sp³-hybridized carbons (Fsp3) is 0.292. The summed E-state index contributed by atoms with van der Waals surface area (Å²) in [4.78, 5) is 17.1. The second-order valence-electron chi connectivity index (χ2n) is 7.57. The maximum atomic E-state index is 12.7. The van der Waals surface area contributed by atoms with Crippen molar-refractivity contribution in [3.05, 3.63) is 60.8 Å². The van der Waals surface area contributed by atoms with Crippen LogP contribution in [0.1, 0.15) is 39.5 Å². The molecule has 0 saturated heterocycles. The van der Waals surface area contributed by atoms with Crippen LogP contribution in [-0.4, -0.2) is 30.7 Å². The summed E-state index contributed by atoms with van der Waals surface area (Å²) in [5.41, 5.74) is 3.80. The molecule has 1 N–H and O–H groups in total. The Bertz CT molecular complexity index is 1170. The van der Waals surface area contributed by atoms with Crippen molar-refractivity contribution in [1.29, 1.82) is 0 Å². The summed E-state index contributed by atoms with van der Waals surface area (Å²) in [5, 5.41) is 16.3. The number of hydrogen-bond donors (Lipinski definition) is 1. The highest BCUT2D eigenvalue weighted by Crippen LogP contribution is 2.24. The molecule has 0 radical (unpaired) electrons. The van der Waals surface area contributed by atoms with Gasteiger partial charge in [-0.15, -0.1) is 10.2 Å². The molecule has 4 aromatic rings. The molecule has 0 bridgehead atoms. The number of anilines is 1. The molecule has 158 valence electrons. The van der Waals surface area contributed by atoms with Gasteiger partial charge < -0.3 is 5.32 Å². The maximum Gasteiger partial charge on any atom is 0.227 e. The zero-order valence-electron chi connectivity index (χ0n) is 17.8. The molecule has 0 fully saturated rings. The lowest BCUT2D eigenvalue weighted by Gasteiger charge is -2.15. The first-order valence-corrected chi connectivity index (χ1v) is 10.7. The molecule has 3 aromatic heterocycles. The Morgan fingerprint density at radius 3 is 2.55 bits per heavy atom. The van der Waals surface area contributed by atoms with E-state index in [1.807, 2.05) is 54.6 Å². The number of benzene rings is 1. The van der Waals surface area contributed by atoms with Gasteiger partial charge >= 0.3 is 0 Å². The molecule has 0 aliphatic heterocycles. The number of nitrogens with zero attached hydrogens (tertiary/aromatic N) is 5. The van der Waals surface area contributed by atoms with Gasteiger partial charge in [-0.1, -0.05) is 44.9 Å². The summed E-state index contributed by atoms with van der Waals surface area (Å²) in [6.07, 6.45) is 5.53. The minimum atomic E-state index is 0.0473. The summed E-state index contributed by atoms with van der Waals surface area (Å²) in [6, 6.07) is 17.2. The lowest BCUT2D eigenvalue weighted by atomic mass is 9.97. The van der Waals surface area contributed by atoms with Crippen molar-refractivity contribution in [2.24, 2.45) is 5.92 Å². The van der Waals surface area contributed by atoms with Crippen LogP contribution in [0, 0.1) is 5.92 Å². The first-order valence-electron chi connectivity index (χ1n) is 10.7. The second-order valence-corrected chi connectivity index (χ2v) is 7.57. The van der Waals surface area contributed by atoms with Crippen LogP contribution in [0.25, 0.3) is 28.4 Å². The van der Waals surface area contributed by atoms with Gasteiger partial charge in [0.15, 0.2) is 5.65 Å². The average molecular weight is 415 g/mol. The second kappa shape index (κ2) is 9.47. The third kappa shape index (κ3) is 4.60. The van der Waals surface area contributed by atoms with Crippen molar-refractivity contribution in [3.8, 4) is 22.8 Å². The molecule has 0 saturated carbocycles. The summed E-state index contributed by atoms with van der Waals surface area (Å²) in [5.74, 6) is 0.718. The van der Waals surface area contributed by atoms with Crippen molar-refractivity contribution in [2.45, 2.75) is 39.5 Å². The summed E-state index contributed by atoms with van der Waals surface area (Å²) in [7, 11) is 0. The average Bonchev–Trinajstić information content (AvgIpc) is 3.23. The van der Waals surface area contributed by atoms with Crippen LogP contribution in [0.15, 0.2) is 60.8 Å². The monoisotopic (exact) mass is 414 g/mol. The lowest BCUT2D eigenvalue weighted by molar-refractivity contribution is -0.120. The van der Waals surface area contributed by atoms with Crippen LogP contribution < -0.4 is 5.32 Å². The number of carbonyl (C=O) groups is 1. The predicted molar refractivity (Wildman–Crippen MR) is 121 cm³/mol. The zero-order chi connectivity index (χ0) is 21.6. The molecular formula is C24H26N6O. The normalized spacial score (nSPS) is 11.2. The minimum absolute atomic E-state index is 0.0473. The van der Waals surface area contributed by atoms with E-state index in [-0.39, 0.29) is 11.8 Å². The van der Waals surface area contributed by atoms with Gasteiger partial charge in [-0.3, -0.25) is 9.78 Å². The molecule has 0 spiro atoms. The van der Waals surface area contributed by atoms with E-state index in [2.05, 4.69) is 34.3 Å². The third-order valence-electron chi connectivity index (χ3n) is 5.23. The Morgan fingerprint density at radius 2 is 1.81 bits per heavy atom. The van der Waals surface area contributed by atoms with Gasteiger partial charge in [0.2, 0.25) is 11.7 Å². The van der Waals surface area contributed by atoms with Crippen molar-refractivity contribution in [3.63, 3.8) is 0 Å². The third-order valence-corrected chi connectivity index (χ3v) is 5.23. The molecule has 31 heavy (non-hydrogen) atoms. The molecular weight excluding hydrogens is 388 g/mol. The van der Waals surface area contributed by atoms with E-state index < -0.39 is 0 Å². The SMILES string of the molecule is CCCC(CCC)C(=O)Nc1cccc(-c2ccc3nnc(-c4ccccn4)n3n2)c1. The van der Waals surface area contributed by atoms with Crippen molar-refractivity contribution in [2.75, 3.05) is 5.32 Å². The molecule has 1 aromatic carbocycles. The predicted octanol–water partition coefficient (Wildman–Crippen LogP) is 5.01. The van der Waals surface area contributed by atoms with E-state index in [4.69, 9.17) is 5.10 Å². The van der Waals surface area contributed by atoms with Gasteiger partial charge in [-0.05, 0) is 49.2 Å². The fourth-order valence-electron chi connectivity index (χ4n) is 3.70. The highest BCUT2D eigenvalue weighted by atomic mass is 16.1. The van der Waals surface area contributed by atoms with Gasteiger partial charge in [-0.25, -0.2) is 0 Å². The Hall–Kier alpha value is -3.61. The molecule has 7 nitrogen and oxygen atoms in total. The minimum Gasteiger partial charge on any atom is -0.326 e. The summed E-state index contributed by atoms with van der Waals surface area (Å²) < 4.78 is 1.70. The highest BCUT2D eigenvalue weighted by molar-refractivity contribution is 5.93. The van der Waals surface area contributed by atoms with Crippen LogP contribution >= 0.6 is 0 Å². The van der Waals surface area contributed by atoms with Crippen molar-refractivity contribution in [1.82, 2.24) is 24.8 Å². The molecule has 0 aliphatic carbocycles. The van der Waals surface area contributed by atoms with E-state index >= 15 is 0 Å². The first-order chi connectivity index (χ1) is 15.2. The number of fused-ring (bicyclic) bond motifs is 1. The van der Waals surface area contributed by atoms with Crippen molar-refractivity contribution < 1.29 is 4.79 Å². The molecule has 7 heteroatoms. The number of amides is 1. The Morgan fingerprint density at radius 1 is 0.968 bits per heavy atom. The Balaban J connectivity index is 1.62. The fourth-order valence-corrected chi connectivity index (χ4v) is 3.70. The molecule has 3 heterocycles. The van der Waals surface area contributed by atoms with Crippen molar-refractivity contribution >= 4 is 17.2 Å². The van der Waals surface area contributed by atoms with Gasteiger partial charge in [0.25, 0.3) is 0 Å². The highest BCUT2D eigenvalue weighted by Gasteiger charge is 2.17. The van der Waals surface area contributed by atoms with E-state index in [1.165, 1.54) is 0 Å². The molecule has 0 aliphatic rings. The Labute approximate surface area is 181 Å². The number of pyridine rings is 1. The van der Waals surface area contributed by atoms with E-state index in [0.717, 1.165) is 42.6 Å². The number of aromatic nitrogens is 5. The molecule has 0 unspecified atom stereocenters. The molecule has 4 rings (SSSR count). The van der Waals surface area contributed by atoms with E-state index in [9.17, 15) is 4.79 Å². The zero-order valence-corrected chi connectivity index (χ0v) is 17.8. The number of rotatable bonds is 8. The maximum absolute atomic E-state index is 12.7. The molecule has 0 atom stereocenters. The van der Waals surface area contributed by atoms with Crippen LogP contribution in [-0.2, 0) is 4.79 Å². The Kier molecular flexibility index (Phi) is 6.31. The summed E-state index contributed by atoms with van der Waals surface area (Å²) >= 11 is 0. The number of nitrogens with one attached hydrogen (secondary N) is 1. The van der Waals surface area contributed by atoms with Gasteiger partial charge in [-0.2, -0.15) is 9.61 Å². The molecule has 1 amide bonds. The number of carbonyl (C=O) groups excluding carboxylic acids is 1. The van der Waals surface area contributed by atoms with Crippen LogP contribution in [0.2, 0.25) is 0 Å². The van der Waals surface area contributed by atoms with Gasteiger partial charge in [0.05, 0.1) is 5.69 Å². The van der Waals surface area contributed by atoms with Gasteiger partial charge in [0.1, 0.15) is 5.69 Å². The van der Waals surface area contributed by atoms with E-state index in [0.29, 0.717) is 17.2 Å². The largest absolute Gasteiger partial charge is 0.326 e. The lowest BCUT2D eigenvalue weighted by Crippen LogP contribution is -2.22. The smallest absolute Gasteiger partial charge is 0.227 e.